The van der Waals surface area contributed by atoms with Gasteiger partial charge in [-0.05, 0) is 0 Å². The maximum Gasteiger partial charge on any atom is 0.234 e. The topological polar surface area (TPSA) is 82.9 Å². The largest absolute Gasteiger partial charge is 0.383 e. The molecule has 0 fully saturated rings. The number of hydrogen-bond acceptors (Lipinski definition) is 6. The van der Waals surface area contributed by atoms with Gasteiger partial charge in [0.1, 0.15) is 11.9 Å². The lowest BCUT2D eigenvalue weighted by Gasteiger charge is -2.19. The zero-order valence-electron chi connectivity index (χ0n) is 9.79. The Hall–Kier alpha value is -1.71. The molecule has 6 nitrogen and oxygen atoms in total. The average molecular weight is 233 g/mol. The zero-order chi connectivity index (χ0) is 12.1. The number of hydrogen-bond donors (Lipinski definition) is 2. The van der Waals surface area contributed by atoms with E-state index in [9.17, 15) is 0 Å². The van der Waals surface area contributed by atoms with Crippen molar-refractivity contribution in [2.24, 2.45) is 0 Å². The summed E-state index contributed by atoms with van der Waals surface area (Å²) < 4.78 is 4.98. The molecule has 0 unspecified atom stereocenters. The Labute approximate surface area is 100 Å². The minimum atomic E-state index is 0.227. The van der Waals surface area contributed by atoms with E-state index in [0.717, 1.165) is 36.6 Å². The van der Waals surface area contributed by atoms with Crippen LogP contribution in [0.2, 0.25) is 0 Å². The molecule has 6 heteroatoms. The van der Waals surface area contributed by atoms with Crippen molar-refractivity contribution in [3.63, 3.8) is 0 Å². The van der Waals surface area contributed by atoms with Gasteiger partial charge in [0.15, 0.2) is 0 Å². The molecule has 1 aromatic rings. The van der Waals surface area contributed by atoms with Crippen LogP contribution in [0.15, 0.2) is 0 Å². The van der Waals surface area contributed by atoms with Gasteiger partial charge in [-0.25, -0.2) is 9.97 Å². The second-order valence-electron chi connectivity index (χ2n) is 3.78. The molecule has 90 valence electrons. The molecular weight excluding hydrogens is 218 g/mol. The van der Waals surface area contributed by atoms with Gasteiger partial charge < -0.3 is 15.4 Å². The van der Waals surface area contributed by atoms with Crippen molar-refractivity contribution in [3.8, 4) is 6.07 Å². The second-order valence-corrected chi connectivity index (χ2v) is 3.78. The van der Waals surface area contributed by atoms with Crippen LogP contribution in [-0.4, -0.2) is 36.8 Å². The number of methoxy groups -OCH3 is 1. The van der Waals surface area contributed by atoms with Crippen molar-refractivity contribution in [3.05, 3.63) is 17.1 Å². The molecule has 1 aromatic heterocycles. The highest BCUT2D eigenvalue weighted by Crippen LogP contribution is 2.19. The molecular formula is C11H15N5O. The molecule has 0 aliphatic carbocycles. The molecule has 0 saturated carbocycles. The Morgan fingerprint density at radius 2 is 2.41 bits per heavy atom. The molecule has 0 radical (unpaired) electrons. The Kier molecular flexibility index (Phi) is 3.85. The van der Waals surface area contributed by atoms with E-state index in [1.165, 1.54) is 0 Å². The quantitative estimate of drug-likeness (QED) is 0.715. The van der Waals surface area contributed by atoms with E-state index in [0.29, 0.717) is 13.2 Å². The minimum Gasteiger partial charge on any atom is -0.383 e. The number of aromatic nitrogens is 2. The molecule has 0 bridgehead atoms. The van der Waals surface area contributed by atoms with E-state index in [4.69, 9.17) is 10.00 Å². The maximum absolute atomic E-state index is 8.89. The van der Waals surface area contributed by atoms with E-state index in [-0.39, 0.29) is 5.82 Å². The third kappa shape index (κ3) is 2.70. The van der Waals surface area contributed by atoms with Gasteiger partial charge in [0, 0.05) is 38.7 Å². The van der Waals surface area contributed by atoms with Crippen LogP contribution in [0.3, 0.4) is 0 Å². The molecule has 0 aromatic carbocycles. The summed E-state index contributed by atoms with van der Waals surface area (Å²) in [6.07, 6.45) is 0.839. The molecule has 0 saturated heterocycles. The zero-order valence-corrected chi connectivity index (χ0v) is 9.79. The average Bonchev–Trinajstić information content (AvgIpc) is 2.38. The Balaban J connectivity index is 2.25. The number of anilines is 1. The molecule has 0 amide bonds. The highest BCUT2D eigenvalue weighted by Gasteiger charge is 2.17. The molecule has 2 rings (SSSR count). The van der Waals surface area contributed by atoms with Crippen LogP contribution in [0.4, 0.5) is 5.82 Å². The van der Waals surface area contributed by atoms with Crippen molar-refractivity contribution < 1.29 is 4.74 Å². The van der Waals surface area contributed by atoms with Crippen molar-refractivity contribution in [2.45, 2.75) is 13.0 Å². The molecule has 17 heavy (non-hydrogen) atoms. The van der Waals surface area contributed by atoms with Crippen LogP contribution >= 0.6 is 0 Å². The van der Waals surface area contributed by atoms with Crippen LogP contribution in [0.25, 0.3) is 0 Å². The van der Waals surface area contributed by atoms with Gasteiger partial charge in [0.25, 0.3) is 0 Å². The molecule has 1 aliphatic rings. The van der Waals surface area contributed by atoms with Crippen molar-refractivity contribution in [2.75, 3.05) is 32.1 Å². The molecule has 2 N–H and O–H groups in total. The number of ether oxygens (including phenoxy) is 1. The summed E-state index contributed by atoms with van der Waals surface area (Å²) in [5.41, 5.74) is 2.03. The first-order valence-electron chi connectivity index (χ1n) is 5.58. The van der Waals surface area contributed by atoms with Crippen LogP contribution in [0, 0.1) is 11.3 Å². The third-order valence-corrected chi connectivity index (χ3v) is 2.63. The van der Waals surface area contributed by atoms with Crippen LogP contribution in [0.1, 0.15) is 17.1 Å². The SMILES string of the molecule is COCCNc1nc(C#N)nc2c1CNCC2. The predicted molar refractivity (Wildman–Crippen MR) is 62.5 cm³/mol. The molecule has 0 atom stereocenters. The van der Waals surface area contributed by atoms with Gasteiger partial charge in [-0.15, -0.1) is 0 Å². The van der Waals surface area contributed by atoms with Gasteiger partial charge in [-0.1, -0.05) is 0 Å². The summed E-state index contributed by atoms with van der Waals surface area (Å²) in [4.78, 5) is 8.43. The Morgan fingerprint density at radius 1 is 1.53 bits per heavy atom. The van der Waals surface area contributed by atoms with Crippen molar-refractivity contribution in [1.29, 1.82) is 5.26 Å². The fourth-order valence-corrected chi connectivity index (χ4v) is 1.81. The number of rotatable bonds is 4. The molecule has 2 heterocycles. The van der Waals surface area contributed by atoms with E-state index in [2.05, 4.69) is 20.6 Å². The lowest BCUT2D eigenvalue weighted by atomic mass is 10.1. The van der Waals surface area contributed by atoms with Gasteiger partial charge in [-0.3, -0.25) is 0 Å². The van der Waals surface area contributed by atoms with Crippen LogP contribution < -0.4 is 10.6 Å². The number of nitrogens with zero attached hydrogens (tertiary/aromatic N) is 3. The van der Waals surface area contributed by atoms with Gasteiger partial charge in [-0.2, -0.15) is 5.26 Å². The lowest BCUT2D eigenvalue weighted by molar-refractivity contribution is 0.210. The maximum atomic E-state index is 8.89. The number of fused-ring (bicyclic) bond motifs is 1. The minimum absolute atomic E-state index is 0.227. The monoisotopic (exact) mass is 233 g/mol. The van der Waals surface area contributed by atoms with Gasteiger partial charge in [0.05, 0.1) is 12.3 Å². The highest BCUT2D eigenvalue weighted by atomic mass is 16.5. The Morgan fingerprint density at radius 3 is 3.18 bits per heavy atom. The van der Waals surface area contributed by atoms with Gasteiger partial charge >= 0.3 is 0 Å². The Bertz CT molecular complexity index is 440. The first kappa shape index (κ1) is 11.8. The summed E-state index contributed by atoms with van der Waals surface area (Å²) in [6, 6.07) is 1.99. The summed E-state index contributed by atoms with van der Waals surface area (Å²) in [6.45, 7) is 2.92. The summed E-state index contributed by atoms with van der Waals surface area (Å²) in [5, 5.41) is 15.3. The lowest BCUT2D eigenvalue weighted by Crippen LogP contribution is -2.27. The van der Waals surface area contributed by atoms with Gasteiger partial charge in [0.2, 0.25) is 5.82 Å². The fourth-order valence-electron chi connectivity index (χ4n) is 1.81. The molecule has 1 aliphatic heterocycles. The summed E-state index contributed by atoms with van der Waals surface area (Å²) in [5.74, 6) is 0.973. The first-order valence-corrected chi connectivity index (χ1v) is 5.58. The predicted octanol–water partition coefficient (Wildman–Crippen LogP) is 0.0523. The number of nitriles is 1. The smallest absolute Gasteiger partial charge is 0.234 e. The van der Waals surface area contributed by atoms with E-state index < -0.39 is 0 Å². The van der Waals surface area contributed by atoms with E-state index >= 15 is 0 Å². The second kappa shape index (κ2) is 5.57. The third-order valence-electron chi connectivity index (χ3n) is 2.63. The van der Waals surface area contributed by atoms with Crippen molar-refractivity contribution in [1.82, 2.24) is 15.3 Å². The fraction of sp³-hybridized carbons (Fsp3) is 0.545. The van der Waals surface area contributed by atoms with E-state index in [1.54, 1.807) is 7.11 Å². The highest BCUT2D eigenvalue weighted by molar-refractivity contribution is 5.48. The van der Waals surface area contributed by atoms with Crippen LogP contribution in [0.5, 0.6) is 0 Å². The standard InChI is InChI=1S/C11H15N5O/c1-17-5-4-14-11-8-7-13-3-2-9(8)15-10(6-12)16-11/h13H,2-5,7H2,1H3,(H,14,15,16). The molecule has 0 spiro atoms. The summed E-state index contributed by atoms with van der Waals surface area (Å²) >= 11 is 0. The first-order chi connectivity index (χ1) is 8.35. The normalized spacial score (nSPS) is 13.9. The van der Waals surface area contributed by atoms with E-state index in [1.807, 2.05) is 6.07 Å². The van der Waals surface area contributed by atoms with Crippen molar-refractivity contribution >= 4 is 5.82 Å². The van der Waals surface area contributed by atoms with Crippen LogP contribution in [-0.2, 0) is 17.7 Å². The summed E-state index contributed by atoms with van der Waals surface area (Å²) in [7, 11) is 1.65. The number of nitrogens with one attached hydrogen (secondary N) is 2.